The zero-order valence-electron chi connectivity index (χ0n) is 16.2. The summed E-state index contributed by atoms with van der Waals surface area (Å²) < 4.78 is 13.2. The van der Waals surface area contributed by atoms with Gasteiger partial charge < -0.3 is 4.98 Å². The van der Waals surface area contributed by atoms with Gasteiger partial charge in [0.1, 0.15) is 5.82 Å². The number of benzene rings is 1. The molecule has 1 aromatic carbocycles. The molecule has 3 aliphatic rings. The number of nitrogens with zero attached hydrogens (tertiary/aromatic N) is 2. The lowest BCUT2D eigenvalue weighted by Gasteiger charge is -2.36. The molecule has 0 aliphatic carbocycles. The van der Waals surface area contributed by atoms with Crippen LogP contribution < -0.4 is 5.43 Å². The Labute approximate surface area is 160 Å². The molecule has 2 atom stereocenters. The van der Waals surface area contributed by atoms with Gasteiger partial charge in [-0.1, -0.05) is 12.1 Å². The van der Waals surface area contributed by atoms with Gasteiger partial charge in [0.25, 0.3) is 0 Å². The largest absolute Gasteiger partial charge is 0.363 e. The van der Waals surface area contributed by atoms with Crippen LogP contribution in [-0.2, 0) is 13.1 Å². The van der Waals surface area contributed by atoms with E-state index >= 15 is 0 Å². The second kappa shape index (κ2) is 7.56. The first-order valence-corrected chi connectivity index (χ1v) is 9.88. The number of aromatic amines is 1. The van der Waals surface area contributed by atoms with E-state index in [1.807, 2.05) is 32.2 Å². The highest BCUT2D eigenvalue weighted by molar-refractivity contribution is 5.23. The van der Waals surface area contributed by atoms with Crippen LogP contribution in [0.2, 0.25) is 0 Å². The zero-order chi connectivity index (χ0) is 19.0. The molecule has 4 heterocycles. The van der Waals surface area contributed by atoms with Gasteiger partial charge in [-0.3, -0.25) is 14.6 Å². The lowest BCUT2D eigenvalue weighted by molar-refractivity contribution is 0.121. The van der Waals surface area contributed by atoms with Gasteiger partial charge in [0, 0.05) is 61.8 Å². The summed E-state index contributed by atoms with van der Waals surface area (Å²) in [5.74, 6) is 0.477. The molecule has 1 N–H and O–H groups in total. The average Bonchev–Trinajstić information content (AvgIpc) is 2.95. The molecule has 3 saturated heterocycles. The van der Waals surface area contributed by atoms with Gasteiger partial charge in [-0.15, -0.1) is 0 Å². The Morgan fingerprint density at radius 3 is 2.63 bits per heavy atom. The lowest BCUT2D eigenvalue weighted by Crippen LogP contribution is -2.43. The third-order valence-corrected chi connectivity index (χ3v) is 6.20. The van der Waals surface area contributed by atoms with Gasteiger partial charge in [-0.25, -0.2) is 4.39 Å². The van der Waals surface area contributed by atoms with Crippen LogP contribution >= 0.6 is 0 Å². The molecule has 3 fully saturated rings. The van der Waals surface area contributed by atoms with Crippen molar-refractivity contribution in [3.05, 3.63) is 68.9 Å². The first-order chi connectivity index (χ1) is 13.0. The Balaban J connectivity index is 1.47. The van der Waals surface area contributed by atoms with E-state index in [0.717, 1.165) is 49.5 Å². The summed E-state index contributed by atoms with van der Waals surface area (Å²) in [4.78, 5) is 20.7. The molecule has 27 heavy (non-hydrogen) atoms. The van der Waals surface area contributed by atoms with Gasteiger partial charge in [-0.05, 0) is 50.3 Å². The number of pyridine rings is 1. The monoisotopic (exact) mass is 369 g/mol. The molecule has 2 bridgehead atoms. The van der Waals surface area contributed by atoms with Crippen molar-refractivity contribution in [3.8, 4) is 0 Å². The van der Waals surface area contributed by atoms with Crippen LogP contribution in [0.3, 0.4) is 0 Å². The van der Waals surface area contributed by atoms with Crippen LogP contribution in [-0.4, -0.2) is 40.5 Å². The van der Waals surface area contributed by atoms with E-state index < -0.39 is 0 Å². The number of aryl methyl sites for hydroxylation is 1. The van der Waals surface area contributed by atoms with Crippen LogP contribution in [0.1, 0.15) is 35.2 Å². The molecule has 0 spiro atoms. The number of H-pyrrole nitrogens is 1. The first-order valence-electron chi connectivity index (χ1n) is 9.88. The van der Waals surface area contributed by atoms with Crippen molar-refractivity contribution >= 4 is 0 Å². The normalized spacial score (nSPS) is 23.5. The number of piperidine rings is 1. The van der Waals surface area contributed by atoms with Crippen LogP contribution in [0.4, 0.5) is 4.39 Å². The van der Waals surface area contributed by atoms with Gasteiger partial charge in [0.2, 0.25) is 0 Å². The zero-order valence-corrected chi connectivity index (χ0v) is 16.2. The molecular weight excluding hydrogens is 341 g/mol. The maximum absolute atomic E-state index is 13.2. The Morgan fingerprint density at radius 2 is 1.85 bits per heavy atom. The summed E-state index contributed by atoms with van der Waals surface area (Å²) in [7, 11) is 0. The molecule has 144 valence electrons. The van der Waals surface area contributed by atoms with Gasteiger partial charge >= 0.3 is 0 Å². The van der Waals surface area contributed by atoms with Crippen LogP contribution in [0.25, 0.3) is 0 Å². The molecule has 5 heteroatoms. The average molecular weight is 369 g/mol. The van der Waals surface area contributed by atoms with Crippen molar-refractivity contribution in [1.82, 2.24) is 14.8 Å². The van der Waals surface area contributed by atoms with E-state index in [-0.39, 0.29) is 11.2 Å². The molecule has 0 saturated carbocycles. The second-order valence-electron chi connectivity index (χ2n) is 8.25. The van der Waals surface area contributed by atoms with E-state index in [0.29, 0.717) is 12.0 Å². The molecule has 0 amide bonds. The third kappa shape index (κ3) is 3.99. The Hall–Kier alpha value is -1.98. The number of rotatable bonds is 4. The van der Waals surface area contributed by atoms with E-state index in [9.17, 15) is 9.18 Å². The number of fused-ring (bicyclic) bond motifs is 4. The first kappa shape index (κ1) is 18.4. The number of halogens is 1. The van der Waals surface area contributed by atoms with Crippen molar-refractivity contribution in [2.24, 2.45) is 5.92 Å². The van der Waals surface area contributed by atoms with Gasteiger partial charge in [0.05, 0.1) is 0 Å². The lowest BCUT2D eigenvalue weighted by atomic mass is 9.94. The molecule has 5 rings (SSSR count). The summed E-state index contributed by atoms with van der Waals surface area (Å²) in [5, 5.41) is 0. The summed E-state index contributed by atoms with van der Waals surface area (Å²) >= 11 is 0. The topological polar surface area (TPSA) is 39.3 Å². The summed E-state index contributed by atoms with van der Waals surface area (Å²) in [5.41, 5.74) is 3.99. The van der Waals surface area contributed by atoms with Crippen LogP contribution in [0, 0.1) is 25.6 Å². The fraction of sp³-hybridized carbons (Fsp3) is 0.500. The van der Waals surface area contributed by atoms with Crippen molar-refractivity contribution in [3.63, 3.8) is 0 Å². The number of aromatic nitrogens is 1. The molecular formula is C22H28FN3O. The van der Waals surface area contributed by atoms with E-state index in [4.69, 9.17) is 0 Å². The minimum atomic E-state index is -0.177. The maximum atomic E-state index is 13.2. The molecule has 4 nitrogen and oxygen atoms in total. The van der Waals surface area contributed by atoms with Crippen LogP contribution in [0.15, 0.2) is 35.3 Å². The highest BCUT2D eigenvalue weighted by Crippen LogP contribution is 2.30. The van der Waals surface area contributed by atoms with Gasteiger partial charge in [-0.2, -0.15) is 0 Å². The SMILES string of the molecule is Cc1c[nH]c(CN2C[C@H]3CC[C@@H]2CN(Cc2ccc(F)cc2)C3)c(C)c1=O. The fourth-order valence-electron chi connectivity index (χ4n) is 4.62. The Kier molecular flexibility index (Phi) is 5.15. The minimum Gasteiger partial charge on any atom is -0.363 e. The number of hydrogen-bond donors (Lipinski definition) is 1. The van der Waals surface area contributed by atoms with Crippen LogP contribution in [0.5, 0.6) is 0 Å². The van der Waals surface area contributed by atoms with Crippen molar-refractivity contribution in [2.45, 2.75) is 45.8 Å². The van der Waals surface area contributed by atoms with E-state index in [2.05, 4.69) is 14.8 Å². The number of hydrogen-bond acceptors (Lipinski definition) is 3. The van der Waals surface area contributed by atoms with Crippen molar-refractivity contribution in [2.75, 3.05) is 19.6 Å². The Morgan fingerprint density at radius 1 is 1.07 bits per heavy atom. The summed E-state index contributed by atoms with van der Waals surface area (Å²) in [6.07, 6.45) is 4.31. The summed E-state index contributed by atoms with van der Waals surface area (Å²) in [6, 6.07) is 7.38. The highest BCUT2D eigenvalue weighted by Gasteiger charge is 2.35. The molecule has 2 aromatic rings. The maximum Gasteiger partial charge on any atom is 0.187 e. The fourth-order valence-corrected chi connectivity index (χ4v) is 4.62. The smallest absolute Gasteiger partial charge is 0.187 e. The third-order valence-electron chi connectivity index (χ3n) is 6.20. The second-order valence-corrected chi connectivity index (χ2v) is 8.25. The van der Waals surface area contributed by atoms with Gasteiger partial charge in [0.15, 0.2) is 5.43 Å². The molecule has 0 radical (unpaired) electrons. The van der Waals surface area contributed by atoms with E-state index in [1.165, 1.54) is 18.4 Å². The van der Waals surface area contributed by atoms with E-state index in [1.54, 1.807) is 12.1 Å². The number of nitrogens with one attached hydrogen (secondary N) is 1. The Bertz CT molecular complexity index is 861. The highest BCUT2D eigenvalue weighted by atomic mass is 19.1. The van der Waals surface area contributed by atoms with Crippen molar-refractivity contribution in [1.29, 1.82) is 0 Å². The molecule has 3 aliphatic heterocycles. The molecule has 0 unspecified atom stereocenters. The quantitative estimate of drug-likeness (QED) is 0.899. The predicted octanol–water partition coefficient (Wildman–Crippen LogP) is 3.23. The summed E-state index contributed by atoms with van der Waals surface area (Å²) in [6.45, 7) is 8.68. The predicted molar refractivity (Wildman–Crippen MR) is 105 cm³/mol. The minimum absolute atomic E-state index is 0.154. The molecule has 1 aromatic heterocycles. The standard InChI is InChI=1S/C22H28FN3O/c1-15-9-24-21(16(2)22(15)27)14-26-12-18-5-8-20(26)13-25(11-18)10-17-3-6-19(23)7-4-17/h3-4,6-7,9,18,20H,5,8,10-14H2,1-2H3,(H,24,27)/t18-,20+/m0/s1. The van der Waals surface area contributed by atoms with Crippen molar-refractivity contribution < 1.29 is 4.39 Å².